The van der Waals surface area contributed by atoms with E-state index in [2.05, 4.69) is 0 Å². The molecule has 0 aliphatic rings. The number of nitrogens with two attached hydrogens (primary N) is 1. The van der Waals surface area contributed by atoms with E-state index in [1.807, 2.05) is 92.7 Å². The minimum Gasteiger partial charge on any atom is -0.493 e. The van der Waals surface area contributed by atoms with Crippen LogP contribution in [0.5, 0.6) is 11.5 Å². The summed E-state index contributed by atoms with van der Waals surface area (Å²) in [6, 6.07) is 24.4. The van der Waals surface area contributed by atoms with E-state index in [4.69, 9.17) is 15.2 Å². The van der Waals surface area contributed by atoms with E-state index in [-0.39, 0.29) is 0 Å². The topological polar surface area (TPSA) is 64.7 Å². The highest BCUT2D eigenvalue weighted by Gasteiger charge is 2.42. The normalized spacial score (nSPS) is 12.4. The van der Waals surface area contributed by atoms with Crippen LogP contribution < -0.4 is 15.2 Å². The number of ether oxygens (including phenoxy) is 2. The molecule has 3 N–H and O–H groups in total. The zero-order valence-electron chi connectivity index (χ0n) is 17.0. The zero-order valence-corrected chi connectivity index (χ0v) is 17.0. The zero-order chi connectivity index (χ0) is 20.7. The number of hydrogen-bond acceptors (Lipinski definition) is 4. The Hall–Kier alpha value is -2.82. The molecule has 0 aromatic heterocycles. The molecule has 3 rings (SSSR count). The maximum absolute atomic E-state index is 12.2. The van der Waals surface area contributed by atoms with Crippen molar-refractivity contribution in [3.05, 3.63) is 95.6 Å². The van der Waals surface area contributed by atoms with Crippen LogP contribution in [0.3, 0.4) is 0 Å². The molecule has 152 valence electrons. The van der Waals surface area contributed by atoms with Crippen molar-refractivity contribution >= 4 is 0 Å². The molecule has 0 bridgehead atoms. The third-order valence-electron chi connectivity index (χ3n) is 5.03. The minimum absolute atomic E-state index is 0.494. The molecule has 0 aliphatic heterocycles. The molecule has 0 amide bonds. The van der Waals surface area contributed by atoms with Gasteiger partial charge in [0.05, 0.1) is 13.2 Å². The van der Waals surface area contributed by atoms with Gasteiger partial charge in [-0.05, 0) is 38.0 Å². The molecule has 0 spiro atoms. The second kappa shape index (κ2) is 9.59. The largest absolute Gasteiger partial charge is 0.493 e. The van der Waals surface area contributed by atoms with Crippen LogP contribution in [0.1, 0.15) is 30.5 Å². The van der Waals surface area contributed by atoms with E-state index in [9.17, 15) is 5.11 Å². The summed E-state index contributed by atoms with van der Waals surface area (Å²) in [5, 5.41) is 12.2. The van der Waals surface area contributed by atoms with Gasteiger partial charge in [-0.25, -0.2) is 0 Å². The van der Waals surface area contributed by atoms with Gasteiger partial charge in [-0.2, -0.15) is 0 Å². The van der Waals surface area contributed by atoms with Gasteiger partial charge >= 0.3 is 0 Å². The van der Waals surface area contributed by atoms with Crippen molar-refractivity contribution < 1.29 is 14.6 Å². The molecule has 0 radical (unpaired) electrons. The summed E-state index contributed by atoms with van der Waals surface area (Å²) < 4.78 is 11.7. The van der Waals surface area contributed by atoms with Gasteiger partial charge in [-0.1, -0.05) is 66.7 Å². The monoisotopic (exact) mass is 391 g/mol. The first-order chi connectivity index (χ1) is 14.1. The van der Waals surface area contributed by atoms with E-state index >= 15 is 0 Å². The van der Waals surface area contributed by atoms with Gasteiger partial charge in [0, 0.05) is 17.2 Å². The standard InChI is InChI=1S/C25H29NO3/c1-3-28-22-16-10-8-14-20(22)25(27,21-15-9-11-17-23(21)29-4-2)24(26)18-19-12-6-5-7-13-19/h5-17,24,27H,3-4,18,26H2,1-2H3. The lowest BCUT2D eigenvalue weighted by molar-refractivity contribution is 0.0457. The van der Waals surface area contributed by atoms with E-state index in [1.54, 1.807) is 0 Å². The first-order valence-electron chi connectivity index (χ1n) is 10.1. The number of aliphatic hydroxyl groups is 1. The average molecular weight is 392 g/mol. The lowest BCUT2D eigenvalue weighted by Crippen LogP contribution is -2.48. The average Bonchev–Trinajstić information content (AvgIpc) is 2.75. The SMILES string of the molecule is CCOc1ccccc1C(O)(c1ccccc1OCC)C(N)Cc1ccccc1. The van der Waals surface area contributed by atoms with E-state index in [1.165, 1.54) is 0 Å². The van der Waals surface area contributed by atoms with Crippen LogP contribution >= 0.6 is 0 Å². The maximum Gasteiger partial charge on any atom is 0.137 e. The smallest absolute Gasteiger partial charge is 0.137 e. The molecule has 4 heteroatoms. The molecular weight excluding hydrogens is 362 g/mol. The Balaban J connectivity index is 2.16. The van der Waals surface area contributed by atoms with Gasteiger partial charge in [0.1, 0.15) is 17.1 Å². The van der Waals surface area contributed by atoms with Crippen molar-refractivity contribution in [3.63, 3.8) is 0 Å². The molecule has 0 fully saturated rings. The Labute approximate surface area is 172 Å². The van der Waals surface area contributed by atoms with Gasteiger partial charge in [-0.3, -0.25) is 0 Å². The summed E-state index contributed by atoms with van der Waals surface area (Å²) in [6.45, 7) is 4.84. The number of hydrogen-bond donors (Lipinski definition) is 2. The molecule has 3 aromatic carbocycles. The van der Waals surface area contributed by atoms with Crippen LogP contribution in [-0.2, 0) is 12.0 Å². The highest BCUT2D eigenvalue weighted by Crippen LogP contribution is 2.42. The highest BCUT2D eigenvalue weighted by atomic mass is 16.5. The van der Waals surface area contributed by atoms with Crippen molar-refractivity contribution in [2.45, 2.75) is 31.9 Å². The molecule has 1 atom stereocenters. The van der Waals surface area contributed by atoms with Crippen molar-refractivity contribution in [2.24, 2.45) is 5.73 Å². The Morgan fingerprint density at radius 1 is 0.759 bits per heavy atom. The van der Waals surface area contributed by atoms with Gasteiger partial charge in [-0.15, -0.1) is 0 Å². The second-order valence-corrected chi connectivity index (χ2v) is 6.92. The van der Waals surface area contributed by atoms with Crippen molar-refractivity contribution in [3.8, 4) is 11.5 Å². The van der Waals surface area contributed by atoms with Gasteiger partial charge < -0.3 is 20.3 Å². The van der Waals surface area contributed by atoms with Crippen molar-refractivity contribution in [1.29, 1.82) is 0 Å². The fourth-order valence-corrected chi connectivity index (χ4v) is 3.69. The molecule has 29 heavy (non-hydrogen) atoms. The predicted octanol–water partition coefficient (Wildman–Crippen LogP) is 4.29. The highest BCUT2D eigenvalue weighted by molar-refractivity contribution is 5.51. The quantitative estimate of drug-likeness (QED) is 0.571. The predicted molar refractivity (Wildman–Crippen MR) is 116 cm³/mol. The first-order valence-corrected chi connectivity index (χ1v) is 10.1. The fraction of sp³-hybridized carbons (Fsp3) is 0.280. The molecule has 4 nitrogen and oxygen atoms in total. The molecule has 1 unspecified atom stereocenters. The lowest BCUT2D eigenvalue weighted by Gasteiger charge is -2.37. The third kappa shape index (κ3) is 4.44. The molecule has 0 saturated heterocycles. The Morgan fingerprint density at radius 2 is 1.21 bits per heavy atom. The third-order valence-corrected chi connectivity index (χ3v) is 5.03. The molecule has 0 aliphatic carbocycles. The fourth-order valence-electron chi connectivity index (χ4n) is 3.69. The Morgan fingerprint density at radius 3 is 1.69 bits per heavy atom. The van der Waals surface area contributed by atoms with E-state index < -0.39 is 11.6 Å². The molecule has 0 heterocycles. The molecular formula is C25H29NO3. The number of para-hydroxylation sites is 2. The van der Waals surface area contributed by atoms with E-state index in [0.717, 1.165) is 5.56 Å². The van der Waals surface area contributed by atoms with Crippen LogP contribution in [0.4, 0.5) is 0 Å². The summed E-state index contributed by atoms with van der Waals surface area (Å²) in [4.78, 5) is 0. The van der Waals surface area contributed by atoms with Crippen LogP contribution in [0.25, 0.3) is 0 Å². The summed E-state index contributed by atoms with van der Waals surface area (Å²) in [6.07, 6.45) is 0.498. The van der Waals surface area contributed by atoms with E-state index in [0.29, 0.717) is 42.3 Å². The van der Waals surface area contributed by atoms with Crippen LogP contribution in [0.15, 0.2) is 78.9 Å². The van der Waals surface area contributed by atoms with Crippen molar-refractivity contribution in [1.82, 2.24) is 0 Å². The second-order valence-electron chi connectivity index (χ2n) is 6.92. The Bertz CT molecular complexity index is 861. The summed E-state index contributed by atoms with van der Waals surface area (Å²) in [5.41, 5.74) is 7.55. The first kappa shape index (κ1) is 20.9. The lowest BCUT2D eigenvalue weighted by atomic mass is 9.77. The number of benzene rings is 3. The van der Waals surface area contributed by atoms with Crippen LogP contribution in [0.2, 0.25) is 0 Å². The summed E-state index contributed by atoms with van der Waals surface area (Å²) >= 11 is 0. The molecule has 0 saturated carbocycles. The Kier molecular flexibility index (Phi) is 6.91. The summed E-state index contributed by atoms with van der Waals surface area (Å²) in [7, 11) is 0. The van der Waals surface area contributed by atoms with Crippen LogP contribution in [-0.4, -0.2) is 24.4 Å². The van der Waals surface area contributed by atoms with Gasteiger partial charge in [0.25, 0.3) is 0 Å². The maximum atomic E-state index is 12.2. The van der Waals surface area contributed by atoms with Crippen molar-refractivity contribution in [2.75, 3.05) is 13.2 Å². The number of rotatable bonds is 9. The van der Waals surface area contributed by atoms with Gasteiger partial charge in [0.2, 0.25) is 0 Å². The van der Waals surface area contributed by atoms with Crippen LogP contribution in [0, 0.1) is 0 Å². The minimum atomic E-state index is -1.49. The van der Waals surface area contributed by atoms with Gasteiger partial charge in [0.15, 0.2) is 0 Å². The molecule has 3 aromatic rings. The summed E-state index contributed by atoms with van der Waals surface area (Å²) in [5.74, 6) is 1.24.